The summed E-state index contributed by atoms with van der Waals surface area (Å²) < 4.78 is 5.13. The topological polar surface area (TPSA) is 58.6 Å². The summed E-state index contributed by atoms with van der Waals surface area (Å²) in [5.74, 6) is 0.737. The van der Waals surface area contributed by atoms with Crippen LogP contribution < -0.4 is 10.1 Å². The number of hydrogen-bond acceptors (Lipinski definition) is 3. The van der Waals surface area contributed by atoms with Gasteiger partial charge in [0.25, 0.3) is 0 Å². The van der Waals surface area contributed by atoms with Gasteiger partial charge in [0.1, 0.15) is 5.75 Å². The van der Waals surface area contributed by atoms with Gasteiger partial charge in [-0.1, -0.05) is 12.1 Å². The molecule has 0 aromatic heterocycles. The van der Waals surface area contributed by atoms with E-state index < -0.39 is 5.97 Å². The van der Waals surface area contributed by atoms with E-state index in [-0.39, 0.29) is 6.42 Å². The number of carboxylic acids is 1. The second kappa shape index (κ2) is 5.87. The third kappa shape index (κ3) is 3.23. The van der Waals surface area contributed by atoms with E-state index >= 15 is 0 Å². The van der Waals surface area contributed by atoms with E-state index in [1.165, 1.54) is 5.56 Å². The summed E-state index contributed by atoms with van der Waals surface area (Å²) in [5.41, 5.74) is 1.34. The van der Waals surface area contributed by atoms with Crippen LogP contribution in [0.3, 0.4) is 0 Å². The second-order valence-electron chi connectivity index (χ2n) is 4.74. The molecular formula is C14H19NO3. The van der Waals surface area contributed by atoms with Gasteiger partial charge in [0, 0.05) is 12.6 Å². The number of carboxylic acid groups (broad SMARTS) is 1. The SMILES string of the molecule is COc1ccc(C2CC(NCCC(=O)O)C2)cc1. The molecule has 4 nitrogen and oxygen atoms in total. The highest BCUT2D eigenvalue weighted by molar-refractivity contribution is 5.66. The van der Waals surface area contributed by atoms with Crippen molar-refractivity contribution in [1.29, 1.82) is 0 Å². The molecule has 0 spiro atoms. The molecule has 0 amide bonds. The van der Waals surface area contributed by atoms with Crippen LogP contribution in [0, 0.1) is 0 Å². The van der Waals surface area contributed by atoms with Gasteiger partial charge >= 0.3 is 5.97 Å². The highest BCUT2D eigenvalue weighted by Crippen LogP contribution is 2.37. The van der Waals surface area contributed by atoms with Crippen molar-refractivity contribution in [3.63, 3.8) is 0 Å². The maximum absolute atomic E-state index is 10.4. The van der Waals surface area contributed by atoms with Crippen molar-refractivity contribution in [1.82, 2.24) is 5.32 Å². The molecule has 1 aromatic carbocycles. The fraction of sp³-hybridized carbons (Fsp3) is 0.500. The Morgan fingerprint density at radius 2 is 2.06 bits per heavy atom. The average Bonchev–Trinajstić information content (AvgIpc) is 2.32. The number of hydrogen-bond donors (Lipinski definition) is 2. The molecule has 1 aromatic rings. The van der Waals surface area contributed by atoms with Gasteiger partial charge < -0.3 is 15.2 Å². The van der Waals surface area contributed by atoms with Crippen molar-refractivity contribution < 1.29 is 14.6 Å². The van der Waals surface area contributed by atoms with Crippen LogP contribution >= 0.6 is 0 Å². The smallest absolute Gasteiger partial charge is 0.304 e. The Labute approximate surface area is 107 Å². The minimum Gasteiger partial charge on any atom is -0.497 e. The maximum atomic E-state index is 10.4. The van der Waals surface area contributed by atoms with Gasteiger partial charge in [-0.05, 0) is 36.5 Å². The molecular weight excluding hydrogens is 230 g/mol. The Kier molecular flexibility index (Phi) is 4.20. The van der Waals surface area contributed by atoms with E-state index in [9.17, 15) is 4.79 Å². The molecule has 2 N–H and O–H groups in total. The van der Waals surface area contributed by atoms with Crippen molar-refractivity contribution in [2.24, 2.45) is 0 Å². The van der Waals surface area contributed by atoms with Crippen molar-refractivity contribution >= 4 is 5.97 Å². The lowest BCUT2D eigenvalue weighted by Gasteiger charge is -2.36. The fourth-order valence-electron chi connectivity index (χ4n) is 2.32. The van der Waals surface area contributed by atoms with Gasteiger partial charge in [0.05, 0.1) is 13.5 Å². The highest BCUT2D eigenvalue weighted by Gasteiger charge is 2.29. The normalized spacial score (nSPS) is 22.3. The van der Waals surface area contributed by atoms with Crippen LogP contribution in [0.25, 0.3) is 0 Å². The molecule has 0 aliphatic heterocycles. The second-order valence-corrected chi connectivity index (χ2v) is 4.74. The predicted molar refractivity (Wildman–Crippen MR) is 69.0 cm³/mol. The molecule has 2 rings (SSSR count). The summed E-state index contributed by atoms with van der Waals surface area (Å²) in [5, 5.41) is 11.8. The number of rotatable bonds is 6. The Morgan fingerprint density at radius 3 is 2.61 bits per heavy atom. The molecule has 1 aliphatic rings. The lowest BCUT2D eigenvalue weighted by molar-refractivity contribution is -0.136. The molecule has 18 heavy (non-hydrogen) atoms. The third-order valence-corrected chi connectivity index (χ3v) is 3.50. The first-order valence-electron chi connectivity index (χ1n) is 6.28. The first-order chi connectivity index (χ1) is 8.69. The Balaban J connectivity index is 1.73. The van der Waals surface area contributed by atoms with Crippen molar-refractivity contribution in [2.45, 2.75) is 31.2 Å². The molecule has 98 valence electrons. The molecule has 0 saturated heterocycles. The largest absolute Gasteiger partial charge is 0.497 e. The van der Waals surface area contributed by atoms with Crippen LogP contribution in [0.15, 0.2) is 24.3 Å². The van der Waals surface area contributed by atoms with Gasteiger partial charge in [-0.2, -0.15) is 0 Å². The van der Waals surface area contributed by atoms with Crippen molar-refractivity contribution in [2.75, 3.05) is 13.7 Å². The number of ether oxygens (including phenoxy) is 1. The first kappa shape index (κ1) is 12.9. The fourth-order valence-corrected chi connectivity index (χ4v) is 2.32. The first-order valence-corrected chi connectivity index (χ1v) is 6.28. The minimum atomic E-state index is -0.742. The van der Waals surface area contributed by atoms with E-state index in [1.807, 2.05) is 12.1 Å². The van der Waals surface area contributed by atoms with Gasteiger partial charge in [-0.3, -0.25) is 4.79 Å². The molecule has 1 aliphatic carbocycles. The molecule has 4 heteroatoms. The van der Waals surface area contributed by atoms with Gasteiger partial charge in [0.15, 0.2) is 0 Å². The summed E-state index contributed by atoms with van der Waals surface area (Å²) in [6.45, 7) is 0.565. The summed E-state index contributed by atoms with van der Waals surface area (Å²) in [6, 6.07) is 8.66. The quantitative estimate of drug-likeness (QED) is 0.809. The molecule has 0 unspecified atom stereocenters. The average molecular weight is 249 g/mol. The zero-order valence-corrected chi connectivity index (χ0v) is 10.6. The molecule has 0 bridgehead atoms. The van der Waals surface area contributed by atoms with Gasteiger partial charge in [-0.25, -0.2) is 0 Å². The van der Waals surface area contributed by atoms with Crippen molar-refractivity contribution in [3.8, 4) is 5.75 Å². The zero-order chi connectivity index (χ0) is 13.0. The van der Waals surface area contributed by atoms with Crippen molar-refractivity contribution in [3.05, 3.63) is 29.8 Å². The van der Waals surface area contributed by atoms with E-state index in [0.717, 1.165) is 18.6 Å². The Bertz CT molecular complexity index is 396. The summed E-state index contributed by atoms with van der Waals surface area (Å²) in [4.78, 5) is 10.4. The van der Waals surface area contributed by atoms with Crippen LogP contribution in [0.1, 0.15) is 30.7 Å². The molecule has 0 atom stereocenters. The molecule has 0 heterocycles. The Morgan fingerprint density at radius 1 is 1.39 bits per heavy atom. The highest BCUT2D eigenvalue weighted by atomic mass is 16.5. The van der Waals surface area contributed by atoms with Crippen LogP contribution in [-0.2, 0) is 4.79 Å². The van der Waals surface area contributed by atoms with Crippen LogP contribution in [0.2, 0.25) is 0 Å². The minimum absolute atomic E-state index is 0.198. The number of methoxy groups -OCH3 is 1. The standard InChI is InChI=1S/C14H19NO3/c1-18-13-4-2-10(3-5-13)11-8-12(9-11)15-7-6-14(16)17/h2-5,11-12,15H,6-9H2,1H3,(H,16,17). The zero-order valence-electron chi connectivity index (χ0n) is 10.6. The molecule has 1 fully saturated rings. The third-order valence-electron chi connectivity index (χ3n) is 3.50. The lowest BCUT2D eigenvalue weighted by atomic mass is 9.76. The Hall–Kier alpha value is -1.55. The van der Waals surface area contributed by atoms with Gasteiger partial charge in [0.2, 0.25) is 0 Å². The lowest BCUT2D eigenvalue weighted by Crippen LogP contribution is -2.40. The monoisotopic (exact) mass is 249 g/mol. The molecule has 1 saturated carbocycles. The van der Waals surface area contributed by atoms with E-state index in [4.69, 9.17) is 9.84 Å². The number of nitrogens with one attached hydrogen (secondary N) is 1. The van der Waals surface area contributed by atoms with Crippen LogP contribution in [0.5, 0.6) is 5.75 Å². The van der Waals surface area contributed by atoms with Crippen LogP contribution in [-0.4, -0.2) is 30.8 Å². The van der Waals surface area contributed by atoms with E-state index in [2.05, 4.69) is 17.4 Å². The van der Waals surface area contributed by atoms with Crippen LogP contribution in [0.4, 0.5) is 0 Å². The number of carbonyl (C=O) groups is 1. The van der Waals surface area contributed by atoms with E-state index in [1.54, 1.807) is 7.11 Å². The maximum Gasteiger partial charge on any atom is 0.304 e. The molecule has 0 radical (unpaired) electrons. The van der Waals surface area contributed by atoms with E-state index in [0.29, 0.717) is 18.5 Å². The summed E-state index contributed by atoms with van der Waals surface area (Å²) in [7, 11) is 1.67. The summed E-state index contributed by atoms with van der Waals surface area (Å²) in [6.07, 6.45) is 2.38. The number of benzene rings is 1. The number of aliphatic carboxylic acids is 1. The summed E-state index contributed by atoms with van der Waals surface area (Å²) >= 11 is 0. The predicted octanol–water partition coefficient (Wildman–Crippen LogP) is 2.01. The van der Waals surface area contributed by atoms with Gasteiger partial charge in [-0.15, -0.1) is 0 Å².